The van der Waals surface area contributed by atoms with Gasteiger partial charge in [0.1, 0.15) is 0 Å². The number of carbonyl (C=O) groups is 1. The number of carbonyl (C=O) groups excluding carboxylic acids is 1. The van der Waals surface area contributed by atoms with E-state index < -0.39 is 11.6 Å². The van der Waals surface area contributed by atoms with Crippen LogP contribution in [0, 0.1) is 11.6 Å². The number of hydrogen-bond acceptors (Lipinski definition) is 3. The van der Waals surface area contributed by atoms with Crippen molar-refractivity contribution in [2.45, 2.75) is 6.42 Å². The van der Waals surface area contributed by atoms with Crippen LogP contribution in [0.3, 0.4) is 0 Å². The average molecular weight is 276 g/mol. The largest absolute Gasteiger partial charge is 0.454 e. The molecular weight excluding hydrogens is 266 g/mol. The van der Waals surface area contributed by atoms with Crippen LogP contribution in [-0.2, 0) is 6.42 Å². The first-order valence-electron chi connectivity index (χ1n) is 6.00. The van der Waals surface area contributed by atoms with E-state index in [0.29, 0.717) is 22.6 Å². The highest BCUT2D eigenvalue weighted by Gasteiger charge is 2.16. The maximum atomic E-state index is 13.1. The van der Waals surface area contributed by atoms with Gasteiger partial charge in [0.05, 0.1) is 0 Å². The van der Waals surface area contributed by atoms with Crippen molar-refractivity contribution in [1.29, 1.82) is 0 Å². The molecule has 1 aliphatic heterocycles. The molecule has 2 aromatic carbocycles. The van der Waals surface area contributed by atoms with E-state index in [0.717, 1.165) is 12.1 Å². The zero-order chi connectivity index (χ0) is 14.1. The summed E-state index contributed by atoms with van der Waals surface area (Å²) in [4.78, 5) is 12.1. The van der Waals surface area contributed by atoms with Crippen LogP contribution in [0.2, 0.25) is 0 Å². The van der Waals surface area contributed by atoms with Crippen molar-refractivity contribution < 1.29 is 23.0 Å². The fourth-order valence-corrected chi connectivity index (χ4v) is 2.01. The van der Waals surface area contributed by atoms with Crippen molar-refractivity contribution in [3.63, 3.8) is 0 Å². The molecule has 0 atom stereocenters. The fourth-order valence-electron chi connectivity index (χ4n) is 2.01. The van der Waals surface area contributed by atoms with Crippen LogP contribution in [0.25, 0.3) is 0 Å². The SMILES string of the molecule is O=C(Cc1ccc(F)c(F)c1)c1ccc2c(c1)OCO2. The second-order valence-electron chi connectivity index (χ2n) is 4.42. The fraction of sp³-hybridized carbons (Fsp3) is 0.133. The third-order valence-electron chi connectivity index (χ3n) is 3.04. The summed E-state index contributed by atoms with van der Waals surface area (Å²) < 4.78 is 36.3. The van der Waals surface area contributed by atoms with Crippen molar-refractivity contribution >= 4 is 5.78 Å². The monoisotopic (exact) mass is 276 g/mol. The number of fused-ring (bicyclic) bond motifs is 1. The van der Waals surface area contributed by atoms with E-state index in [4.69, 9.17) is 9.47 Å². The van der Waals surface area contributed by atoms with Crippen molar-refractivity contribution in [3.05, 3.63) is 59.2 Å². The summed E-state index contributed by atoms with van der Waals surface area (Å²) in [5.41, 5.74) is 0.866. The summed E-state index contributed by atoms with van der Waals surface area (Å²) in [6.07, 6.45) is -0.00313. The Bertz CT molecular complexity index is 683. The lowest BCUT2D eigenvalue weighted by atomic mass is 10.0. The van der Waals surface area contributed by atoms with Crippen LogP contribution in [0.15, 0.2) is 36.4 Å². The Hall–Kier alpha value is -2.43. The van der Waals surface area contributed by atoms with Crippen LogP contribution in [0.1, 0.15) is 15.9 Å². The van der Waals surface area contributed by atoms with Gasteiger partial charge in [-0.3, -0.25) is 4.79 Å². The quantitative estimate of drug-likeness (QED) is 0.808. The van der Waals surface area contributed by atoms with E-state index in [-0.39, 0.29) is 19.0 Å². The molecule has 0 N–H and O–H groups in total. The Balaban J connectivity index is 1.80. The maximum Gasteiger partial charge on any atom is 0.231 e. The molecule has 1 aliphatic rings. The van der Waals surface area contributed by atoms with Crippen molar-refractivity contribution in [2.75, 3.05) is 6.79 Å². The second-order valence-corrected chi connectivity index (χ2v) is 4.42. The third kappa shape index (κ3) is 2.34. The molecule has 3 nitrogen and oxygen atoms in total. The molecule has 1 heterocycles. The minimum atomic E-state index is -0.957. The highest BCUT2D eigenvalue weighted by Crippen LogP contribution is 2.32. The molecule has 20 heavy (non-hydrogen) atoms. The Morgan fingerprint density at radius 1 is 1.00 bits per heavy atom. The lowest BCUT2D eigenvalue weighted by Crippen LogP contribution is -2.04. The van der Waals surface area contributed by atoms with E-state index in [1.165, 1.54) is 6.07 Å². The molecule has 0 bridgehead atoms. The molecule has 0 unspecified atom stereocenters. The first-order chi connectivity index (χ1) is 9.63. The summed E-state index contributed by atoms with van der Waals surface area (Å²) in [5.74, 6) is -0.977. The highest BCUT2D eigenvalue weighted by molar-refractivity contribution is 5.98. The van der Waals surface area contributed by atoms with Crippen LogP contribution >= 0.6 is 0 Å². The number of ether oxygens (including phenoxy) is 2. The maximum absolute atomic E-state index is 13.1. The first kappa shape index (κ1) is 12.6. The van der Waals surface area contributed by atoms with Gasteiger partial charge in [0.15, 0.2) is 28.9 Å². The molecule has 0 aliphatic carbocycles. The Kier molecular flexibility index (Phi) is 3.10. The van der Waals surface area contributed by atoms with Crippen LogP contribution in [0.5, 0.6) is 11.5 Å². The minimum absolute atomic E-state index is 0.00313. The number of rotatable bonds is 3. The molecule has 0 aromatic heterocycles. The standard InChI is InChI=1S/C15H10F2O3/c16-11-3-1-9(5-12(11)17)6-13(18)10-2-4-14-15(7-10)20-8-19-14/h1-5,7H,6,8H2. The number of benzene rings is 2. The normalized spacial score (nSPS) is 12.5. The Labute approximate surface area is 113 Å². The van der Waals surface area contributed by atoms with Gasteiger partial charge in [-0.15, -0.1) is 0 Å². The van der Waals surface area contributed by atoms with Gasteiger partial charge in [-0.1, -0.05) is 6.07 Å². The van der Waals surface area contributed by atoms with Crippen molar-refractivity contribution in [1.82, 2.24) is 0 Å². The van der Waals surface area contributed by atoms with Gasteiger partial charge in [-0.2, -0.15) is 0 Å². The average Bonchev–Trinajstić information content (AvgIpc) is 2.90. The molecule has 0 spiro atoms. The van der Waals surface area contributed by atoms with Gasteiger partial charge >= 0.3 is 0 Å². The zero-order valence-electron chi connectivity index (χ0n) is 10.4. The van der Waals surface area contributed by atoms with E-state index >= 15 is 0 Å². The third-order valence-corrected chi connectivity index (χ3v) is 3.04. The van der Waals surface area contributed by atoms with Crippen LogP contribution in [0.4, 0.5) is 8.78 Å². The second kappa shape index (κ2) is 4.92. The summed E-state index contributed by atoms with van der Waals surface area (Å²) in [7, 11) is 0. The minimum Gasteiger partial charge on any atom is -0.454 e. The molecular formula is C15H10F2O3. The van der Waals surface area contributed by atoms with Gasteiger partial charge in [0.2, 0.25) is 6.79 Å². The topological polar surface area (TPSA) is 35.5 Å². The lowest BCUT2D eigenvalue weighted by molar-refractivity contribution is 0.0992. The highest BCUT2D eigenvalue weighted by atomic mass is 19.2. The molecule has 0 fully saturated rings. The lowest BCUT2D eigenvalue weighted by Gasteiger charge is -2.04. The number of ketones is 1. The molecule has 102 valence electrons. The van der Waals surface area contributed by atoms with Gasteiger partial charge in [-0.05, 0) is 35.9 Å². The zero-order valence-corrected chi connectivity index (χ0v) is 10.4. The van der Waals surface area contributed by atoms with E-state index in [1.807, 2.05) is 0 Å². The summed E-state index contributed by atoms with van der Waals surface area (Å²) in [6, 6.07) is 8.29. The van der Waals surface area contributed by atoms with Crippen molar-refractivity contribution in [3.8, 4) is 11.5 Å². The number of hydrogen-bond donors (Lipinski definition) is 0. The molecule has 0 saturated heterocycles. The summed E-state index contributed by atoms with van der Waals surface area (Å²) >= 11 is 0. The predicted molar refractivity (Wildman–Crippen MR) is 67.0 cm³/mol. The molecule has 3 rings (SSSR count). The number of Topliss-reactive ketones (excluding diaryl/α,β-unsaturated/α-hetero) is 1. The van der Waals surface area contributed by atoms with Gasteiger partial charge < -0.3 is 9.47 Å². The van der Waals surface area contributed by atoms with Gasteiger partial charge in [0, 0.05) is 12.0 Å². The predicted octanol–water partition coefficient (Wildman–Crippen LogP) is 3.12. The molecule has 5 heteroatoms. The Morgan fingerprint density at radius 3 is 2.60 bits per heavy atom. The van der Waals surface area contributed by atoms with E-state index in [9.17, 15) is 13.6 Å². The van der Waals surface area contributed by atoms with E-state index in [1.54, 1.807) is 18.2 Å². The van der Waals surface area contributed by atoms with Crippen molar-refractivity contribution in [2.24, 2.45) is 0 Å². The molecule has 0 radical (unpaired) electrons. The summed E-state index contributed by atoms with van der Waals surface area (Å²) in [6.45, 7) is 0.135. The smallest absolute Gasteiger partial charge is 0.231 e. The summed E-state index contributed by atoms with van der Waals surface area (Å²) in [5, 5.41) is 0. The van der Waals surface area contributed by atoms with Gasteiger partial charge in [-0.25, -0.2) is 8.78 Å². The van der Waals surface area contributed by atoms with E-state index in [2.05, 4.69) is 0 Å². The molecule has 2 aromatic rings. The van der Waals surface area contributed by atoms with Gasteiger partial charge in [0.25, 0.3) is 0 Å². The van der Waals surface area contributed by atoms with Crippen LogP contribution < -0.4 is 9.47 Å². The number of halogens is 2. The first-order valence-corrected chi connectivity index (χ1v) is 6.00. The molecule has 0 amide bonds. The molecule has 0 saturated carbocycles. The van der Waals surface area contributed by atoms with Crippen LogP contribution in [-0.4, -0.2) is 12.6 Å². The Morgan fingerprint density at radius 2 is 1.80 bits per heavy atom.